The average molecular weight is 263 g/mol. The molecular formula is C12H17ClF2N2. The molecule has 0 spiro atoms. The Morgan fingerprint density at radius 3 is 2.71 bits per heavy atom. The van der Waals surface area contributed by atoms with Crippen LogP contribution in [-0.4, -0.2) is 24.5 Å². The van der Waals surface area contributed by atoms with Gasteiger partial charge in [0.2, 0.25) is 0 Å². The number of likely N-dealkylation sites (tertiary alicyclic amines) is 1. The Kier molecular flexibility index (Phi) is 5.31. The molecule has 0 amide bonds. The molecule has 1 unspecified atom stereocenters. The maximum absolute atomic E-state index is 13.4. The minimum Gasteiger partial charge on any atom is -0.330 e. The van der Waals surface area contributed by atoms with Crippen LogP contribution in [0.15, 0.2) is 18.2 Å². The zero-order valence-electron chi connectivity index (χ0n) is 9.53. The second kappa shape index (κ2) is 6.28. The van der Waals surface area contributed by atoms with Crippen molar-refractivity contribution in [3.63, 3.8) is 0 Å². The lowest BCUT2D eigenvalue weighted by molar-refractivity contribution is 0.312. The highest BCUT2D eigenvalue weighted by atomic mass is 35.5. The predicted octanol–water partition coefficient (Wildman–Crippen LogP) is 2.17. The normalized spacial score (nSPS) is 20.3. The van der Waals surface area contributed by atoms with Gasteiger partial charge in [-0.1, -0.05) is 6.07 Å². The molecule has 1 saturated heterocycles. The number of nitrogens with two attached hydrogens (primary N) is 1. The van der Waals surface area contributed by atoms with Crippen molar-refractivity contribution in [3.05, 3.63) is 35.4 Å². The zero-order chi connectivity index (χ0) is 11.5. The third kappa shape index (κ3) is 3.63. The highest BCUT2D eigenvalue weighted by Gasteiger charge is 2.21. The first-order valence-corrected chi connectivity index (χ1v) is 5.55. The van der Waals surface area contributed by atoms with Crippen LogP contribution in [-0.2, 0) is 6.54 Å². The van der Waals surface area contributed by atoms with Crippen LogP contribution in [0.4, 0.5) is 8.78 Å². The second-order valence-electron chi connectivity index (χ2n) is 4.36. The Morgan fingerprint density at radius 1 is 1.35 bits per heavy atom. The Hall–Kier alpha value is -0.710. The molecule has 1 aliphatic heterocycles. The van der Waals surface area contributed by atoms with Gasteiger partial charge in [-0.15, -0.1) is 12.4 Å². The van der Waals surface area contributed by atoms with Crippen molar-refractivity contribution in [1.29, 1.82) is 0 Å². The van der Waals surface area contributed by atoms with Gasteiger partial charge < -0.3 is 5.73 Å². The standard InChI is InChI=1S/C12H16F2N2.ClH/c13-11-2-1-10(12(14)5-11)8-16-4-3-9(6-15)7-16;/h1-2,5,9H,3-4,6-8,15H2;1H. The van der Waals surface area contributed by atoms with Crippen molar-refractivity contribution in [2.24, 2.45) is 11.7 Å². The molecule has 17 heavy (non-hydrogen) atoms. The monoisotopic (exact) mass is 262 g/mol. The summed E-state index contributed by atoms with van der Waals surface area (Å²) in [5, 5.41) is 0. The summed E-state index contributed by atoms with van der Waals surface area (Å²) in [5.41, 5.74) is 6.14. The summed E-state index contributed by atoms with van der Waals surface area (Å²) in [6.07, 6.45) is 1.07. The molecule has 2 rings (SSSR count). The first-order valence-electron chi connectivity index (χ1n) is 5.55. The molecule has 0 radical (unpaired) electrons. The van der Waals surface area contributed by atoms with Gasteiger partial charge in [0.05, 0.1) is 0 Å². The molecule has 0 aliphatic carbocycles. The van der Waals surface area contributed by atoms with E-state index in [1.54, 1.807) is 0 Å². The summed E-state index contributed by atoms with van der Waals surface area (Å²) < 4.78 is 26.1. The fourth-order valence-electron chi connectivity index (χ4n) is 2.14. The fraction of sp³-hybridized carbons (Fsp3) is 0.500. The number of halogens is 3. The molecule has 5 heteroatoms. The Labute approximate surface area is 106 Å². The molecule has 1 fully saturated rings. The van der Waals surface area contributed by atoms with Crippen molar-refractivity contribution < 1.29 is 8.78 Å². The smallest absolute Gasteiger partial charge is 0.130 e. The van der Waals surface area contributed by atoms with Gasteiger partial charge >= 0.3 is 0 Å². The van der Waals surface area contributed by atoms with Gasteiger partial charge in [-0.05, 0) is 31.5 Å². The topological polar surface area (TPSA) is 29.3 Å². The maximum atomic E-state index is 13.4. The molecule has 2 nitrogen and oxygen atoms in total. The van der Waals surface area contributed by atoms with Crippen molar-refractivity contribution in [2.45, 2.75) is 13.0 Å². The van der Waals surface area contributed by atoms with E-state index in [0.29, 0.717) is 24.6 Å². The van der Waals surface area contributed by atoms with Crippen LogP contribution in [0.2, 0.25) is 0 Å². The fourth-order valence-corrected chi connectivity index (χ4v) is 2.14. The maximum Gasteiger partial charge on any atom is 0.130 e. The molecule has 0 bridgehead atoms. The van der Waals surface area contributed by atoms with Crippen molar-refractivity contribution in [2.75, 3.05) is 19.6 Å². The lowest BCUT2D eigenvalue weighted by atomic mass is 10.1. The van der Waals surface area contributed by atoms with E-state index < -0.39 is 11.6 Å². The molecule has 1 atom stereocenters. The van der Waals surface area contributed by atoms with Crippen molar-refractivity contribution in [1.82, 2.24) is 4.90 Å². The minimum absolute atomic E-state index is 0. The van der Waals surface area contributed by atoms with Gasteiger partial charge in [0.15, 0.2) is 0 Å². The van der Waals surface area contributed by atoms with Crippen LogP contribution < -0.4 is 5.73 Å². The number of nitrogens with zero attached hydrogens (tertiary/aromatic N) is 1. The second-order valence-corrected chi connectivity index (χ2v) is 4.36. The van der Waals surface area contributed by atoms with Crippen LogP contribution in [0.1, 0.15) is 12.0 Å². The van der Waals surface area contributed by atoms with E-state index in [9.17, 15) is 8.78 Å². The number of hydrogen-bond donors (Lipinski definition) is 1. The van der Waals surface area contributed by atoms with Gasteiger partial charge in [0.25, 0.3) is 0 Å². The van der Waals surface area contributed by atoms with Crippen LogP contribution >= 0.6 is 12.4 Å². The van der Waals surface area contributed by atoms with Crippen LogP contribution in [0.3, 0.4) is 0 Å². The minimum atomic E-state index is -0.525. The lowest BCUT2D eigenvalue weighted by Gasteiger charge is -2.16. The summed E-state index contributed by atoms with van der Waals surface area (Å²) in [6.45, 7) is 3.08. The Morgan fingerprint density at radius 2 is 2.12 bits per heavy atom. The number of benzene rings is 1. The Bertz CT molecular complexity index is 374. The molecule has 0 saturated carbocycles. The molecule has 1 heterocycles. The summed E-state index contributed by atoms with van der Waals surface area (Å²) in [4.78, 5) is 2.16. The van der Waals surface area contributed by atoms with Crippen LogP contribution in [0, 0.1) is 17.6 Å². The van der Waals surface area contributed by atoms with E-state index in [1.807, 2.05) is 0 Å². The Balaban J connectivity index is 0.00000144. The van der Waals surface area contributed by atoms with Crippen molar-refractivity contribution in [3.8, 4) is 0 Å². The van der Waals surface area contributed by atoms with E-state index in [0.717, 1.165) is 25.6 Å². The predicted molar refractivity (Wildman–Crippen MR) is 66.0 cm³/mol. The molecule has 1 aromatic rings. The summed E-state index contributed by atoms with van der Waals surface area (Å²) >= 11 is 0. The largest absolute Gasteiger partial charge is 0.330 e. The van der Waals surface area contributed by atoms with E-state index in [-0.39, 0.29) is 12.4 Å². The van der Waals surface area contributed by atoms with Gasteiger partial charge in [-0.2, -0.15) is 0 Å². The van der Waals surface area contributed by atoms with E-state index >= 15 is 0 Å². The number of hydrogen-bond acceptors (Lipinski definition) is 2. The molecule has 96 valence electrons. The SMILES string of the molecule is Cl.NCC1CCN(Cc2ccc(F)cc2F)C1. The molecule has 0 aromatic heterocycles. The highest BCUT2D eigenvalue weighted by Crippen LogP contribution is 2.19. The van der Waals surface area contributed by atoms with Gasteiger partial charge in [0.1, 0.15) is 11.6 Å². The van der Waals surface area contributed by atoms with Crippen LogP contribution in [0.25, 0.3) is 0 Å². The van der Waals surface area contributed by atoms with E-state index in [1.165, 1.54) is 12.1 Å². The van der Waals surface area contributed by atoms with E-state index in [4.69, 9.17) is 5.73 Å². The van der Waals surface area contributed by atoms with Gasteiger partial charge in [-0.3, -0.25) is 4.90 Å². The van der Waals surface area contributed by atoms with E-state index in [2.05, 4.69) is 4.90 Å². The first kappa shape index (κ1) is 14.4. The molecular weight excluding hydrogens is 246 g/mol. The summed E-state index contributed by atoms with van der Waals surface area (Å²) in [7, 11) is 0. The summed E-state index contributed by atoms with van der Waals surface area (Å²) in [5.74, 6) is -0.470. The van der Waals surface area contributed by atoms with Gasteiger partial charge in [0, 0.05) is 24.7 Å². The van der Waals surface area contributed by atoms with Crippen LogP contribution in [0.5, 0.6) is 0 Å². The molecule has 2 N–H and O–H groups in total. The molecule has 1 aliphatic rings. The third-order valence-corrected chi connectivity index (χ3v) is 3.11. The molecule has 1 aromatic carbocycles. The number of rotatable bonds is 3. The highest BCUT2D eigenvalue weighted by molar-refractivity contribution is 5.85. The summed E-state index contributed by atoms with van der Waals surface area (Å²) in [6, 6.07) is 3.75. The lowest BCUT2D eigenvalue weighted by Crippen LogP contribution is -2.23. The van der Waals surface area contributed by atoms with Crippen molar-refractivity contribution >= 4 is 12.4 Å². The first-order chi connectivity index (χ1) is 7.69. The average Bonchev–Trinajstić information content (AvgIpc) is 2.70. The van der Waals surface area contributed by atoms with Gasteiger partial charge in [-0.25, -0.2) is 8.78 Å². The third-order valence-electron chi connectivity index (χ3n) is 3.11. The quantitative estimate of drug-likeness (QED) is 0.905. The zero-order valence-corrected chi connectivity index (χ0v) is 10.4.